The van der Waals surface area contributed by atoms with Gasteiger partial charge < -0.3 is 18.9 Å². The molecule has 0 aliphatic heterocycles. The van der Waals surface area contributed by atoms with Gasteiger partial charge >= 0.3 is 5.97 Å². The van der Waals surface area contributed by atoms with Crippen molar-refractivity contribution in [2.24, 2.45) is 0 Å². The molecule has 0 spiro atoms. The van der Waals surface area contributed by atoms with Crippen LogP contribution < -0.4 is 19.8 Å². The Morgan fingerprint density at radius 2 is 1.68 bits per heavy atom. The molecule has 3 aromatic rings. The van der Waals surface area contributed by atoms with Crippen molar-refractivity contribution in [1.82, 2.24) is 19.5 Å². The van der Waals surface area contributed by atoms with Gasteiger partial charge in [-0.15, -0.1) is 0 Å². The zero-order chi connectivity index (χ0) is 20.3. The van der Waals surface area contributed by atoms with Crippen LogP contribution in [0.5, 0.6) is 17.2 Å². The van der Waals surface area contributed by atoms with Crippen LogP contribution in [0.15, 0.2) is 29.5 Å². The molecule has 10 heteroatoms. The summed E-state index contributed by atoms with van der Waals surface area (Å²) in [6.07, 6.45) is 2.27. The zero-order valence-electron chi connectivity index (χ0n) is 15.8. The van der Waals surface area contributed by atoms with Crippen molar-refractivity contribution >= 4 is 17.1 Å². The summed E-state index contributed by atoms with van der Waals surface area (Å²) in [7, 11) is 5.77. The lowest BCUT2D eigenvalue weighted by Crippen LogP contribution is -2.23. The van der Waals surface area contributed by atoms with Gasteiger partial charge in [0, 0.05) is 12.1 Å². The van der Waals surface area contributed by atoms with Crippen molar-refractivity contribution in [3.05, 3.63) is 46.3 Å². The van der Waals surface area contributed by atoms with E-state index in [-0.39, 0.29) is 23.4 Å². The number of fused-ring (bicyclic) bond motifs is 1. The molecule has 0 unspecified atom stereocenters. The number of hydrogen-bond acceptors (Lipinski definition) is 9. The molecule has 0 atom stereocenters. The van der Waals surface area contributed by atoms with E-state index in [4.69, 9.17) is 18.9 Å². The second-order valence-corrected chi connectivity index (χ2v) is 5.58. The first kappa shape index (κ1) is 19.1. The average molecular weight is 386 g/mol. The highest BCUT2D eigenvalue weighted by molar-refractivity contribution is 5.98. The Morgan fingerprint density at radius 1 is 1.00 bits per heavy atom. The third-order valence-corrected chi connectivity index (χ3v) is 4.14. The van der Waals surface area contributed by atoms with E-state index in [1.165, 1.54) is 39.3 Å². The molecule has 0 aliphatic rings. The molecule has 146 valence electrons. The third kappa shape index (κ3) is 3.31. The molecule has 0 saturated heterocycles. The van der Waals surface area contributed by atoms with Crippen LogP contribution in [0.25, 0.3) is 11.2 Å². The largest absolute Gasteiger partial charge is 0.496 e. The molecule has 0 saturated carbocycles. The van der Waals surface area contributed by atoms with E-state index in [9.17, 15) is 9.59 Å². The third-order valence-electron chi connectivity index (χ3n) is 4.14. The highest BCUT2D eigenvalue weighted by Gasteiger charge is 2.20. The Morgan fingerprint density at radius 3 is 2.25 bits per heavy atom. The summed E-state index contributed by atoms with van der Waals surface area (Å²) < 4.78 is 22.2. The fraction of sp³-hybridized carbons (Fsp3) is 0.278. The molecule has 0 amide bonds. The summed E-state index contributed by atoms with van der Waals surface area (Å²) in [5, 5.41) is 0. The first-order valence-corrected chi connectivity index (χ1v) is 8.11. The van der Waals surface area contributed by atoms with Gasteiger partial charge in [-0.25, -0.2) is 19.7 Å². The van der Waals surface area contributed by atoms with Crippen LogP contribution in [0.4, 0.5) is 0 Å². The van der Waals surface area contributed by atoms with Crippen LogP contribution >= 0.6 is 0 Å². The van der Waals surface area contributed by atoms with Crippen molar-refractivity contribution in [3.63, 3.8) is 0 Å². The van der Waals surface area contributed by atoms with Crippen molar-refractivity contribution < 1.29 is 23.7 Å². The molecule has 0 N–H and O–H groups in total. The maximum atomic E-state index is 12.5. The molecule has 2 heterocycles. The van der Waals surface area contributed by atoms with Gasteiger partial charge in [-0.05, 0) is 0 Å². The Hall–Kier alpha value is -3.69. The number of nitrogens with zero attached hydrogens (tertiary/aromatic N) is 4. The number of benzene rings is 1. The lowest BCUT2D eigenvalue weighted by atomic mass is 10.1. The SMILES string of the molecule is COC(=O)c1ncnc2c1ncc(=O)n2Cc1c(OC)cc(OC)cc1OC. The summed E-state index contributed by atoms with van der Waals surface area (Å²) in [6, 6.07) is 3.36. The summed E-state index contributed by atoms with van der Waals surface area (Å²) in [5.74, 6) is 0.801. The van der Waals surface area contributed by atoms with E-state index >= 15 is 0 Å². The molecular weight excluding hydrogens is 368 g/mol. The van der Waals surface area contributed by atoms with Crippen LogP contribution in [-0.2, 0) is 11.3 Å². The van der Waals surface area contributed by atoms with E-state index in [1.54, 1.807) is 12.1 Å². The first-order valence-electron chi connectivity index (χ1n) is 8.11. The quantitative estimate of drug-likeness (QED) is 0.573. The highest BCUT2D eigenvalue weighted by atomic mass is 16.5. The number of aromatic nitrogens is 4. The van der Waals surface area contributed by atoms with E-state index < -0.39 is 11.5 Å². The Labute approximate surface area is 159 Å². The van der Waals surface area contributed by atoms with Crippen molar-refractivity contribution in [2.75, 3.05) is 28.4 Å². The van der Waals surface area contributed by atoms with Crippen LogP contribution in [0.3, 0.4) is 0 Å². The Kier molecular flexibility index (Phi) is 5.39. The smallest absolute Gasteiger partial charge is 0.359 e. The van der Waals surface area contributed by atoms with E-state index in [1.807, 2.05) is 0 Å². The van der Waals surface area contributed by atoms with E-state index in [0.29, 0.717) is 22.8 Å². The highest BCUT2D eigenvalue weighted by Crippen LogP contribution is 2.34. The molecule has 0 fully saturated rings. The molecular formula is C18H18N4O6. The van der Waals surface area contributed by atoms with Gasteiger partial charge in [-0.2, -0.15) is 0 Å². The van der Waals surface area contributed by atoms with Gasteiger partial charge in [-0.1, -0.05) is 0 Å². The fourth-order valence-electron chi connectivity index (χ4n) is 2.77. The van der Waals surface area contributed by atoms with Gasteiger partial charge in [0.1, 0.15) is 29.1 Å². The fourth-order valence-corrected chi connectivity index (χ4v) is 2.77. The molecule has 2 aromatic heterocycles. The second-order valence-electron chi connectivity index (χ2n) is 5.58. The lowest BCUT2D eigenvalue weighted by molar-refractivity contribution is 0.0596. The summed E-state index contributed by atoms with van der Waals surface area (Å²) in [6.45, 7) is 0.0613. The minimum Gasteiger partial charge on any atom is -0.496 e. The monoisotopic (exact) mass is 386 g/mol. The Balaban J connectivity index is 2.22. The second kappa shape index (κ2) is 7.91. The summed E-state index contributed by atoms with van der Waals surface area (Å²) in [5.41, 5.74) is 0.485. The number of hydrogen-bond donors (Lipinski definition) is 0. The van der Waals surface area contributed by atoms with Gasteiger partial charge in [0.15, 0.2) is 11.3 Å². The molecule has 0 radical (unpaired) electrons. The normalized spacial score (nSPS) is 10.6. The summed E-state index contributed by atoms with van der Waals surface area (Å²) >= 11 is 0. The topological polar surface area (TPSA) is 115 Å². The average Bonchev–Trinajstić information content (AvgIpc) is 2.74. The van der Waals surface area contributed by atoms with Crippen molar-refractivity contribution in [2.45, 2.75) is 6.54 Å². The minimum absolute atomic E-state index is 0.0325. The number of esters is 1. The van der Waals surface area contributed by atoms with Crippen LogP contribution in [-0.4, -0.2) is 53.9 Å². The lowest BCUT2D eigenvalue weighted by Gasteiger charge is -2.16. The van der Waals surface area contributed by atoms with Crippen molar-refractivity contribution in [1.29, 1.82) is 0 Å². The molecule has 1 aromatic carbocycles. The number of ether oxygens (including phenoxy) is 4. The van der Waals surface area contributed by atoms with Crippen molar-refractivity contribution in [3.8, 4) is 17.2 Å². The predicted octanol–water partition coefficient (Wildman–Crippen LogP) is 1.05. The van der Waals surface area contributed by atoms with Crippen LogP contribution in [0, 0.1) is 0 Å². The van der Waals surface area contributed by atoms with Gasteiger partial charge in [0.05, 0.1) is 46.7 Å². The van der Waals surface area contributed by atoms with Gasteiger partial charge in [0.25, 0.3) is 5.56 Å². The van der Waals surface area contributed by atoms with Gasteiger partial charge in [0.2, 0.25) is 0 Å². The number of carbonyl (C=O) groups excluding carboxylic acids is 1. The number of methoxy groups -OCH3 is 4. The first-order chi connectivity index (χ1) is 13.5. The van der Waals surface area contributed by atoms with Crippen LogP contribution in [0.2, 0.25) is 0 Å². The molecule has 0 aliphatic carbocycles. The minimum atomic E-state index is -0.676. The summed E-state index contributed by atoms with van der Waals surface area (Å²) in [4.78, 5) is 36.6. The maximum absolute atomic E-state index is 12.5. The zero-order valence-corrected chi connectivity index (χ0v) is 15.8. The van der Waals surface area contributed by atoms with Gasteiger partial charge in [-0.3, -0.25) is 9.36 Å². The molecule has 0 bridgehead atoms. The number of rotatable bonds is 6. The van der Waals surface area contributed by atoms with E-state index in [0.717, 1.165) is 6.20 Å². The van der Waals surface area contributed by atoms with E-state index in [2.05, 4.69) is 15.0 Å². The molecule has 28 heavy (non-hydrogen) atoms. The Bertz CT molecular complexity index is 1070. The molecule has 3 rings (SSSR count). The maximum Gasteiger partial charge on any atom is 0.359 e. The molecule has 10 nitrogen and oxygen atoms in total. The standard InChI is InChI=1S/C18H18N4O6/c1-25-10-5-12(26-2)11(13(6-10)27-3)8-22-14(23)7-19-15-16(18(24)28-4)20-9-21-17(15)22/h5-7,9H,8H2,1-4H3. The van der Waals surface area contributed by atoms with Crippen LogP contribution in [0.1, 0.15) is 16.1 Å². The number of carbonyl (C=O) groups is 1. The predicted molar refractivity (Wildman–Crippen MR) is 98.1 cm³/mol.